The van der Waals surface area contributed by atoms with Gasteiger partial charge in [-0.25, -0.2) is 0 Å². The van der Waals surface area contributed by atoms with E-state index in [9.17, 15) is 4.79 Å². The molecular weight excluding hydrogens is 334 g/mol. The number of hydrogen-bond acceptors (Lipinski definition) is 6. The van der Waals surface area contributed by atoms with E-state index in [2.05, 4.69) is 20.7 Å². The first kappa shape index (κ1) is 16.1. The quantitative estimate of drug-likeness (QED) is 0.774. The highest BCUT2D eigenvalue weighted by atomic mass is 16.5. The van der Waals surface area contributed by atoms with Gasteiger partial charge in [-0.1, -0.05) is 30.3 Å². The molecule has 0 spiro atoms. The molecule has 0 bridgehead atoms. The van der Waals surface area contributed by atoms with E-state index in [1.165, 1.54) is 4.80 Å². The third-order valence-corrected chi connectivity index (χ3v) is 3.80. The molecule has 132 valence electrons. The van der Waals surface area contributed by atoms with E-state index in [1.54, 1.807) is 18.2 Å². The lowest BCUT2D eigenvalue weighted by molar-refractivity contribution is -0.117. The summed E-state index contributed by atoms with van der Waals surface area (Å²) in [5, 5.41) is 14.9. The number of tetrazole rings is 1. The van der Waals surface area contributed by atoms with Crippen molar-refractivity contribution in [1.82, 2.24) is 20.2 Å². The van der Waals surface area contributed by atoms with Crippen molar-refractivity contribution in [2.45, 2.75) is 13.0 Å². The van der Waals surface area contributed by atoms with Crippen molar-refractivity contribution < 1.29 is 14.3 Å². The number of ether oxygens (including phenoxy) is 2. The summed E-state index contributed by atoms with van der Waals surface area (Å²) in [6.07, 6.45) is 0.831. The maximum atomic E-state index is 12.3. The Balaban J connectivity index is 1.41. The molecule has 0 radical (unpaired) electrons. The molecule has 1 amide bonds. The Hall–Kier alpha value is -3.42. The molecular formula is C18H17N5O3. The van der Waals surface area contributed by atoms with Crippen molar-refractivity contribution in [3.8, 4) is 22.9 Å². The van der Waals surface area contributed by atoms with Crippen molar-refractivity contribution in [3.63, 3.8) is 0 Å². The molecule has 2 heterocycles. The Morgan fingerprint density at radius 3 is 2.73 bits per heavy atom. The van der Waals surface area contributed by atoms with Crippen molar-refractivity contribution in [1.29, 1.82) is 0 Å². The molecule has 4 rings (SSSR count). The highest BCUT2D eigenvalue weighted by Gasteiger charge is 2.13. The van der Waals surface area contributed by atoms with Crippen LogP contribution in [0.25, 0.3) is 11.4 Å². The van der Waals surface area contributed by atoms with E-state index in [0.717, 1.165) is 12.0 Å². The van der Waals surface area contributed by atoms with E-state index in [-0.39, 0.29) is 12.5 Å². The van der Waals surface area contributed by atoms with Gasteiger partial charge in [-0.15, -0.1) is 10.2 Å². The Kier molecular flexibility index (Phi) is 4.46. The molecule has 1 aliphatic heterocycles. The number of fused-ring (bicyclic) bond motifs is 1. The number of carbonyl (C=O) groups excluding carboxylic acids is 1. The lowest BCUT2D eigenvalue weighted by Gasteiger charge is -2.10. The van der Waals surface area contributed by atoms with E-state index in [1.807, 2.05) is 30.3 Å². The molecule has 0 saturated carbocycles. The number of nitrogens with zero attached hydrogens (tertiary/aromatic N) is 4. The van der Waals surface area contributed by atoms with Crippen LogP contribution in [0.2, 0.25) is 0 Å². The Morgan fingerprint density at radius 1 is 1.08 bits per heavy atom. The number of rotatable bonds is 4. The van der Waals surface area contributed by atoms with Gasteiger partial charge in [-0.3, -0.25) is 4.79 Å². The van der Waals surface area contributed by atoms with Crippen molar-refractivity contribution in [2.24, 2.45) is 0 Å². The Bertz CT molecular complexity index is 910. The first-order chi connectivity index (χ1) is 12.8. The Morgan fingerprint density at radius 2 is 1.88 bits per heavy atom. The number of hydrogen-bond donors (Lipinski definition) is 1. The van der Waals surface area contributed by atoms with Gasteiger partial charge >= 0.3 is 0 Å². The van der Waals surface area contributed by atoms with Crippen LogP contribution in [0.5, 0.6) is 11.5 Å². The number of carbonyl (C=O) groups is 1. The fraction of sp³-hybridized carbons (Fsp3) is 0.222. The summed E-state index contributed by atoms with van der Waals surface area (Å²) in [6, 6.07) is 14.8. The van der Waals surface area contributed by atoms with E-state index in [4.69, 9.17) is 9.47 Å². The van der Waals surface area contributed by atoms with Gasteiger partial charge in [0, 0.05) is 23.7 Å². The average molecular weight is 351 g/mol. The van der Waals surface area contributed by atoms with Gasteiger partial charge in [0.1, 0.15) is 6.54 Å². The predicted molar refractivity (Wildman–Crippen MR) is 93.9 cm³/mol. The fourth-order valence-electron chi connectivity index (χ4n) is 2.58. The fourth-order valence-corrected chi connectivity index (χ4v) is 2.58. The van der Waals surface area contributed by atoms with E-state index < -0.39 is 0 Å². The van der Waals surface area contributed by atoms with Gasteiger partial charge in [0.05, 0.1) is 13.2 Å². The molecule has 3 aromatic rings. The minimum atomic E-state index is -0.253. The SMILES string of the molecule is O=C(Cn1nnc(-c2ccccc2)n1)Nc1ccc2c(c1)OCCCO2. The minimum absolute atomic E-state index is 0.0335. The van der Waals surface area contributed by atoms with Crippen LogP contribution in [0.1, 0.15) is 6.42 Å². The van der Waals surface area contributed by atoms with Crippen LogP contribution in [0, 0.1) is 0 Å². The molecule has 2 aromatic carbocycles. The van der Waals surface area contributed by atoms with Gasteiger partial charge in [0.2, 0.25) is 11.7 Å². The van der Waals surface area contributed by atoms with Crippen LogP contribution in [-0.2, 0) is 11.3 Å². The molecule has 1 N–H and O–H groups in total. The maximum absolute atomic E-state index is 12.3. The van der Waals surface area contributed by atoms with Crippen LogP contribution in [-0.4, -0.2) is 39.3 Å². The molecule has 0 saturated heterocycles. The monoisotopic (exact) mass is 351 g/mol. The number of anilines is 1. The third-order valence-electron chi connectivity index (χ3n) is 3.80. The summed E-state index contributed by atoms with van der Waals surface area (Å²) in [5.41, 5.74) is 1.48. The normalized spacial score (nSPS) is 13.1. The second-order valence-electron chi connectivity index (χ2n) is 5.77. The van der Waals surface area contributed by atoms with Crippen molar-refractivity contribution >= 4 is 11.6 Å². The minimum Gasteiger partial charge on any atom is -0.490 e. The lowest BCUT2D eigenvalue weighted by Crippen LogP contribution is -2.20. The van der Waals surface area contributed by atoms with Crippen LogP contribution in [0.4, 0.5) is 5.69 Å². The lowest BCUT2D eigenvalue weighted by atomic mass is 10.2. The van der Waals surface area contributed by atoms with E-state index in [0.29, 0.717) is 36.2 Å². The van der Waals surface area contributed by atoms with Gasteiger partial charge in [0.25, 0.3) is 0 Å². The molecule has 0 unspecified atom stereocenters. The first-order valence-corrected chi connectivity index (χ1v) is 8.31. The second-order valence-corrected chi connectivity index (χ2v) is 5.77. The van der Waals surface area contributed by atoms with Crippen LogP contribution >= 0.6 is 0 Å². The molecule has 1 aromatic heterocycles. The summed E-state index contributed by atoms with van der Waals surface area (Å²) >= 11 is 0. The van der Waals surface area contributed by atoms with Gasteiger partial charge in [-0.05, 0) is 17.3 Å². The van der Waals surface area contributed by atoms with Gasteiger partial charge in [0.15, 0.2) is 11.5 Å². The standard InChI is InChI=1S/C18H17N5O3/c24-17(12-23-21-18(20-22-23)13-5-2-1-3-6-13)19-14-7-8-15-16(11-14)26-10-4-9-25-15/h1-3,5-8,11H,4,9-10,12H2,(H,19,24). The van der Waals surface area contributed by atoms with Gasteiger partial charge in [-0.2, -0.15) is 4.80 Å². The smallest absolute Gasteiger partial charge is 0.248 e. The van der Waals surface area contributed by atoms with Crippen LogP contribution < -0.4 is 14.8 Å². The van der Waals surface area contributed by atoms with Crippen LogP contribution in [0.15, 0.2) is 48.5 Å². The molecule has 0 atom stereocenters. The molecule has 8 nitrogen and oxygen atoms in total. The average Bonchev–Trinajstić information content (AvgIpc) is 2.99. The summed E-state index contributed by atoms with van der Waals surface area (Å²) in [7, 11) is 0. The summed E-state index contributed by atoms with van der Waals surface area (Å²) in [4.78, 5) is 13.5. The van der Waals surface area contributed by atoms with E-state index >= 15 is 0 Å². The van der Waals surface area contributed by atoms with Crippen molar-refractivity contribution in [2.75, 3.05) is 18.5 Å². The molecule has 8 heteroatoms. The highest BCUT2D eigenvalue weighted by molar-refractivity contribution is 5.90. The van der Waals surface area contributed by atoms with Crippen molar-refractivity contribution in [3.05, 3.63) is 48.5 Å². The molecule has 1 aliphatic rings. The molecule has 0 aliphatic carbocycles. The first-order valence-electron chi connectivity index (χ1n) is 8.31. The van der Waals surface area contributed by atoms with Crippen LogP contribution in [0.3, 0.4) is 0 Å². The second kappa shape index (κ2) is 7.22. The predicted octanol–water partition coefficient (Wildman–Crippen LogP) is 2.14. The van der Waals surface area contributed by atoms with Gasteiger partial charge < -0.3 is 14.8 Å². The summed E-state index contributed by atoms with van der Waals surface area (Å²) < 4.78 is 11.2. The molecule has 0 fully saturated rings. The maximum Gasteiger partial charge on any atom is 0.248 e. The number of aromatic nitrogens is 4. The largest absolute Gasteiger partial charge is 0.490 e. The topological polar surface area (TPSA) is 91.2 Å². The zero-order chi connectivity index (χ0) is 17.8. The number of amides is 1. The zero-order valence-electron chi connectivity index (χ0n) is 14.0. The Labute approximate surface area is 149 Å². The summed E-state index contributed by atoms with van der Waals surface area (Å²) in [6.45, 7) is 1.18. The third kappa shape index (κ3) is 3.64. The number of nitrogens with one attached hydrogen (secondary N) is 1. The number of benzene rings is 2. The highest BCUT2D eigenvalue weighted by Crippen LogP contribution is 2.32. The summed E-state index contributed by atoms with van der Waals surface area (Å²) in [5.74, 6) is 1.54. The zero-order valence-corrected chi connectivity index (χ0v) is 14.0. The molecule has 26 heavy (non-hydrogen) atoms.